The van der Waals surface area contributed by atoms with E-state index in [2.05, 4.69) is 31.2 Å². The maximum Gasteiger partial charge on any atom is 0.157 e. The van der Waals surface area contributed by atoms with E-state index in [1.165, 1.54) is 23.3 Å². The Hall–Kier alpha value is -2.55. The first-order valence-electron chi connectivity index (χ1n) is 7.80. The average molecular weight is 310 g/mol. The number of aromatic hydroxyl groups is 2. The predicted molar refractivity (Wildman–Crippen MR) is 91.7 cm³/mol. The lowest BCUT2D eigenvalue weighted by Crippen LogP contribution is -1.96. The van der Waals surface area contributed by atoms with Crippen LogP contribution in [0.2, 0.25) is 0 Å². The van der Waals surface area contributed by atoms with E-state index in [9.17, 15) is 15.0 Å². The Morgan fingerprint density at radius 1 is 0.957 bits per heavy atom. The highest BCUT2D eigenvalue weighted by atomic mass is 16.3. The van der Waals surface area contributed by atoms with E-state index in [4.69, 9.17) is 0 Å². The van der Waals surface area contributed by atoms with Gasteiger partial charge in [0.1, 0.15) is 0 Å². The third-order valence-electron chi connectivity index (χ3n) is 3.72. The van der Waals surface area contributed by atoms with Gasteiger partial charge in [0.25, 0.3) is 0 Å². The van der Waals surface area contributed by atoms with Gasteiger partial charge < -0.3 is 10.2 Å². The molecular formula is C20H22O3. The van der Waals surface area contributed by atoms with E-state index < -0.39 is 0 Å². The Bertz CT molecular complexity index is 685. The summed E-state index contributed by atoms with van der Waals surface area (Å²) >= 11 is 0. The topological polar surface area (TPSA) is 57.5 Å². The molecule has 0 amide bonds. The molecule has 120 valence electrons. The molecule has 0 atom stereocenters. The lowest BCUT2D eigenvalue weighted by molar-refractivity contribution is -0.114. The molecule has 0 saturated carbocycles. The fraction of sp³-hybridized carbons (Fsp3) is 0.250. The van der Waals surface area contributed by atoms with Crippen LogP contribution in [-0.2, 0) is 17.6 Å². The molecule has 0 heterocycles. The summed E-state index contributed by atoms with van der Waals surface area (Å²) in [6.45, 7) is 2.07. The normalized spacial score (nSPS) is 11.0. The number of hydrogen-bond acceptors (Lipinski definition) is 3. The molecule has 2 aromatic carbocycles. The van der Waals surface area contributed by atoms with E-state index in [0.29, 0.717) is 12.8 Å². The summed E-state index contributed by atoms with van der Waals surface area (Å²) in [6, 6.07) is 13.1. The number of phenolic OH excluding ortho intramolecular Hbond substituents is 2. The van der Waals surface area contributed by atoms with Gasteiger partial charge in [0.05, 0.1) is 0 Å². The number of aryl methyl sites for hydroxylation is 3. The fourth-order valence-corrected chi connectivity index (χ4v) is 2.29. The molecular weight excluding hydrogens is 288 g/mol. The smallest absolute Gasteiger partial charge is 0.157 e. The van der Waals surface area contributed by atoms with E-state index >= 15 is 0 Å². The Morgan fingerprint density at radius 3 is 2.35 bits per heavy atom. The molecule has 0 unspecified atom stereocenters. The van der Waals surface area contributed by atoms with Gasteiger partial charge in [-0.25, -0.2) is 0 Å². The highest BCUT2D eigenvalue weighted by Gasteiger charge is 2.03. The Morgan fingerprint density at radius 2 is 1.65 bits per heavy atom. The van der Waals surface area contributed by atoms with Gasteiger partial charge in [-0.05, 0) is 55.5 Å². The summed E-state index contributed by atoms with van der Waals surface area (Å²) in [5.41, 5.74) is 3.36. The van der Waals surface area contributed by atoms with Crippen molar-refractivity contribution in [1.82, 2.24) is 0 Å². The van der Waals surface area contributed by atoms with Gasteiger partial charge in [-0.15, -0.1) is 0 Å². The zero-order valence-corrected chi connectivity index (χ0v) is 13.3. The van der Waals surface area contributed by atoms with Gasteiger partial charge in [0, 0.05) is 6.42 Å². The summed E-state index contributed by atoms with van der Waals surface area (Å²) < 4.78 is 0. The Labute approximate surface area is 136 Å². The van der Waals surface area contributed by atoms with Crippen LogP contribution in [0, 0.1) is 6.92 Å². The second-order valence-corrected chi connectivity index (χ2v) is 5.72. The van der Waals surface area contributed by atoms with E-state index in [0.717, 1.165) is 18.4 Å². The lowest BCUT2D eigenvalue weighted by Gasteiger charge is -2.02. The third-order valence-corrected chi connectivity index (χ3v) is 3.72. The predicted octanol–water partition coefficient (Wildman–Crippen LogP) is 4.10. The van der Waals surface area contributed by atoms with Crippen molar-refractivity contribution in [2.45, 2.75) is 32.6 Å². The Balaban J connectivity index is 1.73. The minimum atomic E-state index is -0.149. The van der Waals surface area contributed by atoms with E-state index in [1.54, 1.807) is 12.1 Å². The van der Waals surface area contributed by atoms with E-state index in [-0.39, 0.29) is 17.3 Å². The van der Waals surface area contributed by atoms with Gasteiger partial charge in [-0.1, -0.05) is 42.0 Å². The largest absolute Gasteiger partial charge is 0.504 e. The van der Waals surface area contributed by atoms with Crippen molar-refractivity contribution < 1.29 is 15.0 Å². The van der Waals surface area contributed by atoms with Crippen LogP contribution in [0.5, 0.6) is 11.5 Å². The monoisotopic (exact) mass is 310 g/mol. The molecule has 3 nitrogen and oxygen atoms in total. The summed E-state index contributed by atoms with van der Waals surface area (Å²) in [4.78, 5) is 11.8. The summed E-state index contributed by atoms with van der Waals surface area (Å²) in [5, 5.41) is 18.7. The van der Waals surface area contributed by atoms with Gasteiger partial charge in [-0.2, -0.15) is 0 Å². The molecule has 0 aliphatic carbocycles. The van der Waals surface area contributed by atoms with Crippen molar-refractivity contribution in [3.63, 3.8) is 0 Å². The van der Waals surface area contributed by atoms with Gasteiger partial charge in [0.15, 0.2) is 17.3 Å². The van der Waals surface area contributed by atoms with Crippen LogP contribution in [0.3, 0.4) is 0 Å². The number of benzene rings is 2. The summed E-state index contributed by atoms with van der Waals surface area (Å²) in [5.74, 6) is -0.221. The first-order chi connectivity index (χ1) is 11.0. The number of phenols is 2. The SMILES string of the molecule is Cc1ccc(CC/C=C/C(=O)CCc2ccc(O)c(O)c2)cc1. The summed E-state index contributed by atoms with van der Waals surface area (Å²) in [6.07, 6.45) is 6.26. The minimum Gasteiger partial charge on any atom is -0.504 e. The number of allylic oxidation sites excluding steroid dienone is 2. The van der Waals surface area contributed by atoms with Crippen LogP contribution >= 0.6 is 0 Å². The first-order valence-corrected chi connectivity index (χ1v) is 7.80. The van der Waals surface area contributed by atoms with Crippen LogP contribution in [0.1, 0.15) is 29.5 Å². The molecule has 23 heavy (non-hydrogen) atoms. The van der Waals surface area contributed by atoms with E-state index in [1.807, 2.05) is 6.08 Å². The van der Waals surface area contributed by atoms with Crippen LogP contribution < -0.4 is 0 Å². The number of rotatable bonds is 7. The van der Waals surface area contributed by atoms with Crippen LogP contribution in [0.25, 0.3) is 0 Å². The fourth-order valence-electron chi connectivity index (χ4n) is 2.29. The third kappa shape index (κ3) is 5.62. The van der Waals surface area contributed by atoms with Crippen LogP contribution in [-0.4, -0.2) is 16.0 Å². The zero-order chi connectivity index (χ0) is 16.7. The molecule has 0 bridgehead atoms. The lowest BCUT2D eigenvalue weighted by atomic mass is 10.1. The van der Waals surface area contributed by atoms with Crippen LogP contribution in [0.4, 0.5) is 0 Å². The van der Waals surface area contributed by atoms with Crippen LogP contribution in [0.15, 0.2) is 54.6 Å². The summed E-state index contributed by atoms with van der Waals surface area (Å²) in [7, 11) is 0. The van der Waals surface area contributed by atoms with Gasteiger partial charge in [-0.3, -0.25) is 4.79 Å². The second-order valence-electron chi connectivity index (χ2n) is 5.72. The molecule has 2 aromatic rings. The number of carbonyl (C=O) groups is 1. The quantitative estimate of drug-likeness (QED) is 0.598. The maximum atomic E-state index is 11.8. The van der Waals surface area contributed by atoms with Crippen molar-refractivity contribution in [1.29, 1.82) is 0 Å². The minimum absolute atomic E-state index is 0.0708. The standard InChI is InChI=1S/C20H22O3/c1-15-6-8-16(9-7-15)4-2-3-5-18(21)12-10-17-11-13-19(22)20(23)14-17/h3,5-9,11,13-14,22-23H,2,4,10,12H2,1H3/b5-3+. The number of carbonyl (C=O) groups excluding carboxylic acids is 1. The van der Waals surface area contributed by atoms with Crippen molar-refractivity contribution >= 4 is 5.78 Å². The van der Waals surface area contributed by atoms with Crippen molar-refractivity contribution in [2.24, 2.45) is 0 Å². The molecule has 3 heteroatoms. The molecule has 0 saturated heterocycles. The maximum absolute atomic E-state index is 11.8. The molecule has 2 N–H and O–H groups in total. The first kappa shape index (κ1) is 16.8. The highest BCUT2D eigenvalue weighted by molar-refractivity contribution is 5.89. The molecule has 0 spiro atoms. The molecule has 0 aromatic heterocycles. The average Bonchev–Trinajstić information content (AvgIpc) is 2.54. The van der Waals surface area contributed by atoms with Gasteiger partial charge in [0.2, 0.25) is 0 Å². The van der Waals surface area contributed by atoms with Crippen molar-refractivity contribution in [3.8, 4) is 11.5 Å². The second kappa shape index (κ2) is 8.18. The number of hydrogen-bond donors (Lipinski definition) is 2. The van der Waals surface area contributed by atoms with Crippen molar-refractivity contribution in [2.75, 3.05) is 0 Å². The molecule has 0 radical (unpaired) electrons. The number of ketones is 1. The molecule has 0 fully saturated rings. The highest BCUT2D eigenvalue weighted by Crippen LogP contribution is 2.25. The Kier molecular flexibility index (Phi) is 5.98. The molecule has 2 rings (SSSR count). The zero-order valence-electron chi connectivity index (χ0n) is 13.3. The van der Waals surface area contributed by atoms with Gasteiger partial charge >= 0.3 is 0 Å². The molecule has 0 aliphatic heterocycles. The molecule has 0 aliphatic rings. The van der Waals surface area contributed by atoms with Crippen molar-refractivity contribution in [3.05, 3.63) is 71.3 Å².